The Morgan fingerprint density at radius 2 is 2.07 bits per heavy atom. The predicted octanol–water partition coefficient (Wildman–Crippen LogP) is 2.27. The van der Waals surface area contributed by atoms with E-state index in [4.69, 9.17) is 0 Å². The number of benzene rings is 1. The van der Waals surface area contributed by atoms with E-state index in [0.29, 0.717) is 0 Å². The van der Waals surface area contributed by atoms with E-state index in [9.17, 15) is 0 Å². The fourth-order valence-corrected chi connectivity index (χ4v) is 1.71. The van der Waals surface area contributed by atoms with Crippen LogP contribution in [0.2, 0.25) is 0 Å². The molecule has 2 rings (SSSR count). The summed E-state index contributed by atoms with van der Waals surface area (Å²) >= 11 is 1.75. The standard InChI is InChI=1S/C11H12N2S/c1-14-10-5-3-9(4-6-10)11-12-7-2-8-13-11/h2-7H,8H2,1H3,(H,12,13). The summed E-state index contributed by atoms with van der Waals surface area (Å²) < 4.78 is 0. The Bertz CT molecular complexity index is 365. The van der Waals surface area contributed by atoms with Crippen molar-refractivity contribution in [3.63, 3.8) is 0 Å². The van der Waals surface area contributed by atoms with Gasteiger partial charge in [-0.15, -0.1) is 11.8 Å². The number of hydrogen-bond acceptors (Lipinski definition) is 3. The van der Waals surface area contributed by atoms with E-state index in [2.05, 4.69) is 40.8 Å². The Kier molecular flexibility index (Phi) is 2.89. The summed E-state index contributed by atoms with van der Waals surface area (Å²) in [5.74, 6) is 0.958. The molecule has 0 aliphatic carbocycles. The van der Waals surface area contributed by atoms with Crippen LogP contribution in [0.25, 0.3) is 0 Å². The number of hydrogen-bond donors (Lipinski definition) is 1. The molecule has 0 spiro atoms. The molecule has 0 fully saturated rings. The minimum absolute atomic E-state index is 0.770. The summed E-state index contributed by atoms with van der Waals surface area (Å²) in [6.07, 6.45) is 6.01. The average Bonchev–Trinajstić information content (AvgIpc) is 2.30. The highest BCUT2D eigenvalue weighted by molar-refractivity contribution is 7.98. The summed E-state index contributed by atoms with van der Waals surface area (Å²) in [4.78, 5) is 5.65. The normalized spacial score (nSPS) is 14.8. The van der Waals surface area contributed by atoms with Gasteiger partial charge in [-0.1, -0.05) is 12.1 Å². The molecule has 0 saturated heterocycles. The van der Waals surface area contributed by atoms with Crippen molar-refractivity contribution in [3.05, 3.63) is 42.1 Å². The van der Waals surface area contributed by atoms with Gasteiger partial charge >= 0.3 is 0 Å². The smallest absolute Gasteiger partial charge is 0.132 e. The van der Waals surface area contributed by atoms with Crippen molar-refractivity contribution in [3.8, 4) is 0 Å². The van der Waals surface area contributed by atoms with Crippen LogP contribution in [0.5, 0.6) is 0 Å². The fourth-order valence-electron chi connectivity index (χ4n) is 1.30. The van der Waals surface area contributed by atoms with Gasteiger partial charge in [0.25, 0.3) is 0 Å². The number of nitrogens with one attached hydrogen (secondary N) is 1. The van der Waals surface area contributed by atoms with Crippen LogP contribution in [-0.4, -0.2) is 18.6 Å². The minimum Gasteiger partial charge on any atom is -0.347 e. The molecule has 1 aliphatic heterocycles. The predicted molar refractivity (Wildman–Crippen MR) is 61.9 cm³/mol. The van der Waals surface area contributed by atoms with Crippen molar-refractivity contribution in [1.82, 2.24) is 5.32 Å². The van der Waals surface area contributed by atoms with Crippen LogP contribution in [0.15, 0.2) is 46.4 Å². The van der Waals surface area contributed by atoms with Gasteiger partial charge in [-0.2, -0.15) is 0 Å². The monoisotopic (exact) mass is 204 g/mol. The number of aliphatic imine (C=N–C) groups is 1. The maximum absolute atomic E-state index is 4.37. The molecule has 0 atom stereocenters. The number of thioether (sulfide) groups is 1. The zero-order chi connectivity index (χ0) is 9.80. The lowest BCUT2D eigenvalue weighted by Gasteiger charge is -2.09. The molecule has 0 amide bonds. The van der Waals surface area contributed by atoms with E-state index in [1.165, 1.54) is 4.90 Å². The van der Waals surface area contributed by atoms with E-state index in [1.807, 2.05) is 12.3 Å². The number of rotatable bonds is 2. The first-order valence-corrected chi connectivity index (χ1v) is 5.73. The van der Waals surface area contributed by atoms with Gasteiger partial charge in [0.05, 0.1) is 6.54 Å². The van der Waals surface area contributed by atoms with Crippen LogP contribution in [0, 0.1) is 0 Å². The first kappa shape index (κ1) is 9.34. The minimum atomic E-state index is 0.770. The molecule has 0 aromatic heterocycles. The molecule has 1 aromatic carbocycles. The quantitative estimate of drug-likeness (QED) is 0.747. The summed E-state index contributed by atoms with van der Waals surface area (Å²) in [6, 6.07) is 8.42. The lowest BCUT2D eigenvalue weighted by Crippen LogP contribution is -2.21. The summed E-state index contributed by atoms with van der Waals surface area (Å²) in [5, 5.41) is 3.14. The van der Waals surface area contributed by atoms with Crippen molar-refractivity contribution in [2.75, 3.05) is 12.8 Å². The highest BCUT2D eigenvalue weighted by atomic mass is 32.2. The zero-order valence-corrected chi connectivity index (χ0v) is 8.84. The second-order valence-corrected chi connectivity index (χ2v) is 3.84. The molecule has 0 unspecified atom stereocenters. The Labute approximate surface area is 88.1 Å². The molecular formula is C11H12N2S. The molecule has 0 bridgehead atoms. The van der Waals surface area contributed by atoms with Gasteiger partial charge < -0.3 is 5.32 Å². The van der Waals surface area contributed by atoms with Crippen molar-refractivity contribution in [1.29, 1.82) is 0 Å². The lowest BCUT2D eigenvalue weighted by atomic mass is 10.2. The van der Waals surface area contributed by atoms with Gasteiger partial charge in [0.1, 0.15) is 5.84 Å². The maximum Gasteiger partial charge on any atom is 0.132 e. The van der Waals surface area contributed by atoms with E-state index in [1.54, 1.807) is 11.8 Å². The number of amidine groups is 1. The number of nitrogens with zero attached hydrogens (tertiary/aromatic N) is 1. The molecule has 14 heavy (non-hydrogen) atoms. The molecule has 2 nitrogen and oxygen atoms in total. The van der Waals surface area contributed by atoms with Crippen LogP contribution in [0.1, 0.15) is 5.56 Å². The van der Waals surface area contributed by atoms with Gasteiger partial charge in [0.2, 0.25) is 0 Å². The first-order valence-electron chi connectivity index (χ1n) is 4.50. The van der Waals surface area contributed by atoms with Gasteiger partial charge in [0, 0.05) is 16.7 Å². The molecule has 72 valence electrons. The third kappa shape index (κ3) is 1.99. The van der Waals surface area contributed by atoms with E-state index < -0.39 is 0 Å². The van der Waals surface area contributed by atoms with E-state index in [0.717, 1.165) is 17.9 Å². The average molecular weight is 204 g/mol. The Morgan fingerprint density at radius 1 is 1.29 bits per heavy atom. The Morgan fingerprint density at radius 3 is 2.64 bits per heavy atom. The van der Waals surface area contributed by atoms with Crippen molar-refractivity contribution >= 4 is 17.6 Å². The fraction of sp³-hybridized carbons (Fsp3) is 0.182. The first-order chi connectivity index (χ1) is 6.90. The lowest BCUT2D eigenvalue weighted by molar-refractivity contribution is 1.10. The molecule has 1 aromatic rings. The molecule has 1 aliphatic rings. The van der Waals surface area contributed by atoms with Gasteiger partial charge in [-0.05, 0) is 24.5 Å². The summed E-state index contributed by atoms with van der Waals surface area (Å²) in [7, 11) is 0. The highest BCUT2D eigenvalue weighted by Crippen LogP contribution is 2.15. The van der Waals surface area contributed by atoms with Crippen LogP contribution in [0.3, 0.4) is 0 Å². The van der Waals surface area contributed by atoms with Crippen LogP contribution in [-0.2, 0) is 0 Å². The van der Waals surface area contributed by atoms with Gasteiger partial charge in [-0.3, -0.25) is 4.99 Å². The topological polar surface area (TPSA) is 24.4 Å². The zero-order valence-electron chi connectivity index (χ0n) is 8.03. The van der Waals surface area contributed by atoms with Crippen molar-refractivity contribution in [2.45, 2.75) is 4.90 Å². The summed E-state index contributed by atoms with van der Waals surface area (Å²) in [6.45, 7) is 0.770. The van der Waals surface area contributed by atoms with Crippen molar-refractivity contribution < 1.29 is 0 Å². The Hall–Kier alpha value is -1.22. The largest absolute Gasteiger partial charge is 0.347 e. The Balaban J connectivity index is 2.20. The third-order valence-electron chi connectivity index (χ3n) is 2.06. The maximum atomic E-state index is 4.37. The highest BCUT2D eigenvalue weighted by Gasteiger charge is 2.02. The van der Waals surface area contributed by atoms with Crippen molar-refractivity contribution in [2.24, 2.45) is 4.99 Å². The molecule has 0 radical (unpaired) electrons. The van der Waals surface area contributed by atoms with Crippen LogP contribution in [0.4, 0.5) is 0 Å². The summed E-state index contributed by atoms with van der Waals surface area (Å²) in [5.41, 5.74) is 1.15. The van der Waals surface area contributed by atoms with Crippen LogP contribution >= 0.6 is 11.8 Å². The molecule has 1 N–H and O–H groups in total. The third-order valence-corrected chi connectivity index (χ3v) is 2.80. The van der Waals surface area contributed by atoms with E-state index >= 15 is 0 Å². The SMILES string of the molecule is CSc1ccc(C2=NCC=CN2)cc1. The second-order valence-electron chi connectivity index (χ2n) is 2.96. The van der Waals surface area contributed by atoms with E-state index in [-0.39, 0.29) is 0 Å². The molecule has 1 heterocycles. The van der Waals surface area contributed by atoms with Gasteiger partial charge in [-0.25, -0.2) is 0 Å². The van der Waals surface area contributed by atoms with Gasteiger partial charge in [0.15, 0.2) is 0 Å². The van der Waals surface area contributed by atoms with Crippen LogP contribution < -0.4 is 5.32 Å². The molecule has 0 saturated carbocycles. The molecule has 3 heteroatoms. The molecular weight excluding hydrogens is 192 g/mol. The second kappa shape index (κ2) is 4.33.